The minimum atomic E-state index is -0.434. The maximum Gasteiger partial charge on any atom is 0.337 e. The summed E-state index contributed by atoms with van der Waals surface area (Å²) in [5.41, 5.74) is 0.921. The van der Waals surface area contributed by atoms with E-state index in [0.29, 0.717) is 42.2 Å². The molecule has 1 fully saturated rings. The van der Waals surface area contributed by atoms with Gasteiger partial charge in [0.15, 0.2) is 5.13 Å². The molecule has 1 aromatic carbocycles. The van der Waals surface area contributed by atoms with E-state index in [1.807, 2.05) is 5.38 Å². The number of esters is 1. The molecule has 0 bridgehead atoms. The maximum absolute atomic E-state index is 12.6. The number of nitrogens with zero attached hydrogens (tertiary/aromatic N) is 2. The molecule has 136 valence electrons. The lowest BCUT2D eigenvalue weighted by Gasteiger charge is -2.31. The third-order valence-corrected chi connectivity index (χ3v) is 5.06. The van der Waals surface area contributed by atoms with Crippen LogP contribution in [0.15, 0.2) is 35.8 Å². The van der Waals surface area contributed by atoms with Crippen LogP contribution in [0.5, 0.6) is 0 Å². The average Bonchev–Trinajstić information content (AvgIpc) is 3.20. The minimum Gasteiger partial charge on any atom is -0.465 e. The van der Waals surface area contributed by atoms with Gasteiger partial charge in [0.1, 0.15) is 0 Å². The van der Waals surface area contributed by atoms with Crippen LogP contribution in [0.25, 0.3) is 0 Å². The van der Waals surface area contributed by atoms with Crippen LogP contribution in [0.2, 0.25) is 0 Å². The van der Waals surface area contributed by atoms with Gasteiger partial charge in [0.05, 0.1) is 12.7 Å². The van der Waals surface area contributed by atoms with E-state index in [-0.39, 0.29) is 17.7 Å². The molecule has 3 rings (SSSR count). The first kappa shape index (κ1) is 18.1. The Labute approximate surface area is 155 Å². The van der Waals surface area contributed by atoms with Crippen LogP contribution in [0.3, 0.4) is 0 Å². The molecule has 0 atom stereocenters. The van der Waals surface area contributed by atoms with E-state index in [0.717, 1.165) is 0 Å². The van der Waals surface area contributed by atoms with E-state index in [1.54, 1.807) is 35.4 Å². The van der Waals surface area contributed by atoms with E-state index in [9.17, 15) is 14.4 Å². The fourth-order valence-electron chi connectivity index (χ4n) is 2.89. The Hall–Kier alpha value is -2.74. The van der Waals surface area contributed by atoms with Gasteiger partial charge in [-0.2, -0.15) is 0 Å². The zero-order valence-electron chi connectivity index (χ0n) is 14.3. The molecule has 2 aromatic rings. The van der Waals surface area contributed by atoms with Crippen molar-refractivity contribution in [2.45, 2.75) is 12.8 Å². The topological polar surface area (TPSA) is 88.6 Å². The summed E-state index contributed by atoms with van der Waals surface area (Å²) in [5, 5.41) is 5.22. The standard InChI is InChI=1S/C18H19N3O4S/c1-25-17(24)14-4-2-13(3-5-14)16(23)21-9-6-12(7-10-21)15(22)20-18-19-8-11-26-18/h2-5,8,11-12H,6-7,9-10H2,1H3,(H,19,20,22). The van der Waals surface area contributed by atoms with Crippen molar-refractivity contribution >= 4 is 34.3 Å². The number of piperidine rings is 1. The Morgan fingerprint density at radius 1 is 1.15 bits per heavy atom. The number of nitrogens with one attached hydrogen (secondary N) is 1. The van der Waals surface area contributed by atoms with Gasteiger partial charge in [-0.1, -0.05) is 0 Å². The van der Waals surface area contributed by atoms with Crippen LogP contribution in [0.1, 0.15) is 33.6 Å². The first-order valence-corrected chi connectivity index (χ1v) is 9.14. The fraction of sp³-hybridized carbons (Fsp3) is 0.333. The zero-order chi connectivity index (χ0) is 18.5. The second-order valence-electron chi connectivity index (χ2n) is 5.96. The summed E-state index contributed by atoms with van der Waals surface area (Å²) in [6, 6.07) is 6.40. The van der Waals surface area contributed by atoms with Crippen LogP contribution in [-0.4, -0.2) is 47.9 Å². The number of anilines is 1. The van der Waals surface area contributed by atoms with E-state index in [4.69, 9.17) is 0 Å². The number of amides is 2. The third-order valence-electron chi connectivity index (χ3n) is 4.37. The quantitative estimate of drug-likeness (QED) is 0.832. The number of benzene rings is 1. The molecule has 0 spiro atoms. The molecule has 2 heterocycles. The molecular weight excluding hydrogens is 354 g/mol. The number of hydrogen-bond donors (Lipinski definition) is 1. The molecule has 1 aliphatic heterocycles. The van der Waals surface area contributed by atoms with Crippen molar-refractivity contribution in [2.75, 3.05) is 25.5 Å². The predicted molar refractivity (Wildman–Crippen MR) is 97.2 cm³/mol. The van der Waals surface area contributed by atoms with Crippen molar-refractivity contribution in [3.63, 3.8) is 0 Å². The highest BCUT2D eigenvalue weighted by Gasteiger charge is 2.28. The second kappa shape index (κ2) is 8.09. The lowest BCUT2D eigenvalue weighted by atomic mass is 9.95. The maximum atomic E-state index is 12.6. The smallest absolute Gasteiger partial charge is 0.337 e. The number of hydrogen-bond acceptors (Lipinski definition) is 6. The highest BCUT2D eigenvalue weighted by Crippen LogP contribution is 2.22. The number of rotatable bonds is 4. The summed E-state index contributed by atoms with van der Waals surface area (Å²) < 4.78 is 4.65. The lowest BCUT2D eigenvalue weighted by molar-refractivity contribution is -0.121. The summed E-state index contributed by atoms with van der Waals surface area (Å²) in [6.07, 6.45) is 2.87. The molecule has 1 aromatic heterocycles. The van der Waals surface area contributed by atoms with Crippen molar-refractivity contribution in [3.8, 4) is 0 Å². The average molecular weight is 373 g/mol. The van der Waals surface area contributed by atoms with Gasteiger partial charge in [-0.05, 0) is 37.1 Å². The number of carbonyl (C=O) groups excluding carboxylic acids is 3. The van der Waals surface area contributed by atoms with Crippen molar-refractivity contribution in [1.82, 2.24) is 9.88 Å². The molecule has 0 aliphatic carbocycles. The highest BCUT2D eigenvalue weighted by molar-refractivity contribution is 7.13. The van der Waals surface area contributed by atoms with Crippen LogP contribution >= 0.6 is 11.3 Å². The number of methoxy groups -OCH3 is 1. The van der Waals surface area contributed by atoms with Gasteiger partial charge in [-0.3, -0.25) is 9.59 Å². The Bertz CT molecular complexity index is 781. The number of carbonyl (C=O) groups is 3. The molecule has 8 heteroatoms. The molecule has 0 radical (unpaired) electrons. The van der Waals surface area contributed by atoms with E-state index < -0.39 is 5.97 Å². The van der Waals surface area contributed by atoms with E-state index in [1.165, 1.54) is 18.4 Å². The van der Waals surface area contributed by atoms with Crippen molar-refractivity contribution in [2.24, 2.45) is 5.92 Å². The lowest BCUT2D eigenvalue weighted by Crippen LogP contribution is -2.41. The van der Waals surface area contributed by atoms with Crippen molar-refractivity contribution in [3.05, 3.63) is 47.0 Å². The third kappa shape index (κ3) is 4.08. The Kier molecular flexibility index (Phi) is 5.62. The SMILES string of the molecule is COC(=O)c1ccc(C(=O)N2CCC(C(=O)Nc3nccs3)CC2)cc1. The van der Waals surface area contributed by atoms with Crippen LogP contribution in [0.4, 0.5) is 5.13 Å². The predicted octanol–water partition coefficient (Wildman–Crippen LogP) is 2.42. The number of likely N-dealkylation sites (tertiary alicyclic amines) is 1. The van der Waals surface area contributed by atoms with Crippen LogP contribution in [0, 0.1) is 5.92 Å². The fourth-order valence-corrected chi connectivity index (χ4v) is 3.42. The molecule has 26 heavy (non-hydrogen) atoms. The summed E-state index contributed by atoms with van der Waals surface area (Å²) in [7, 11) is 1.32. The molecule has 1 N–H and O–H groups in total. The summed E-state index contributed by atoms with van der Waals surface area (Å²) in [4.78, 5) is 42.1. The largest absolute Gasteiger partial charge is 0.465 e. The Balaban J connectivity index is 1.54. The van der Waals surface area contributed by atoms with E-state index >= 15 is 0 Å². The van der Waals surface area contributed by atoms with Crippen LogP contribution in [-0.2, 0) is 9.53 Å². The molecule has 7 nitrogen and oxygen atoms in total. The van der Waals surface area contributed by atoms with Crippen LogP contribution < -0.4 is 5.32 Å². The van der Waals surface area contributed by atoms with Gasteiger partial charge < -0.3 is 15.0 Å². The molecule has 2 amide bonds. The molecule has 1 aliphatic rings. The molecule has 1 saturated heterocycles. The monoisotopic (exact) mass is 373 g/mol. The van der Waals surface area contributed by atoms with Crippen molar-refractivity contribution in [1.29, 1.82) is 0 Å². The highest BCUT2D eigenvalue weighted by atomic mass is 32.1. The zero-order valence-corrected chi connectivity index (χ0v) is 15.1. The van der Waals surface area contributed by atoms with Gasteiger partial charge in [-0.25, -0.2) is 9.78 Å². The summed E-state index contributed by atoms with van der Waals surface area (Å²) >= 11 is 1.38. The second-order valence-corrected chi connectivity index (χ2v) is 6.86. The normalized spacial score (nSPS) is 14.7. The Morgan fingerprint density at radius 2 is 1.81 bits per heavy atom. The summed E-state index contributed by atoms with van der Waals surface area (Å²) in [5.74, 6) is -0.699. The summed E-state index contributed by atoms with van der Waals surface area (Å²) in [6.45, 7) is 1.04. The van der Waals surface area contributed by atoms with Gasteiger partial charge in [-0.15, -0.1) is 11.3 Å². The minimum absolute atomic E-state index is 0.0468. The number of ether oxygens (including phenoxy) is 1. The van der Waals surface area contributed by atoms with Gasteiger partial charge >= 0.3 is 5.97 Å². The van der Waals surface area contributed by atoms with E-state index in [2.05, 4.69) is 15.0 Å². The Morgan fingerprint density at radius 3 is 2.38 bits per heavy atom. The van der Waals surface area contributed by atoms with Gasteiger partial charge in [0.25, 0.3) is 5.91 Å². The van der Waals surface area contributed by atoms with Gasteiger partial charge in [0.2, 0.25) is 5.91 Å². The molecule has 0 unspecified atom stereocenters. The molecular formula is C18H19N3O4S. The number of aromatic nitrogens is 1. The molecule has 0 saturated carbocycles. The van der Waals surface area contributed by atoms with Gasteiger partial charge in [0, 0.05) is 36.1 Å². The first-order chi connectivity index (χ1) is 12.6. The number of thiazole rings is 1. The first-order valence-electron chi connectivity index (χ1n) is 8.26. The van der Waals surface area contributed by atoms with Crippen molar-refractivity contribution < 1.29 is 19.1 Å².